The van der Waals surface area contributed by atoms with Crippen molar-refractivity contribution in [3.8, 4) is 0 Å². The van der Waals surface area contributed by atoms with Gasteiger partial charge in [-0.25, -0.2) is 0 Å². The number of amides is 1. The van der Waals surface area contributed by atoms with Gasteiger partial charge in [0.05, 0.1) is 0 Å². The van der Waals surface area contributed by atoms with E-state index in [0.29, 0.717) is 11.9 Å². The van der Waals surface area contributed by atoms with Crippen LogP contribution in [0.15, 0.2) is 0 Å². The lowest BCUT2D eigenvalue weighted by Gasteiger charge is -2.27. The number of carbonyl (C=O) groups is 1. The van der Waals surface area contributed by atoms with Crippen LogP contribution in [0.2, 0.25) is 0 Å². The Balaban J connectivity index is 0.00000220. The molecule has 21 heavy (non-hydrogen) atoms. The van der Waals surface area contributed by atoms with Crippen molar-refractivity contribution in [2.75, 3.05) is 25.9 Å². The number of nitrogens with zero attached hydrogens (tertiary/aromatic N) is 1. The van der Waals surface area contributed by atoms with Crippen LogP contribution in [0, 0.1) is 5.92 Å². The zero-order chi connectivity index (χ0) is 14.4. The van der Waals surface area contributed by atoms with Crippen molar-refractivity contribution in [1.29, 1.82) is 0 Å². The summed E-state index contributed by atoms with van der Waals surface area (Å²) in [7, 11) is 2.02. The molecule has 1 saturated carbocycles. The summed E-state index contributed by atoms with van der Waals surface area (Å²) in [6.45, 7) is 4.49. The molecule has 1 saturated heterocycles. The molecule has 1 amide bonds. The fourth-order valence-electron chi connectivity index (χ4n) is 3.53. The molecule has 1 N–H and O–H groups in total. The number of thioether (sulfide) groups is 1. The van der Waals surface area contributed by atoms with Crippen LogP contribution in [-0.4, -0.2) is 48.0 Å². The fraction of sp³-hybridized carbons (Fsp3) is 0.938. The van der Waals surface area contributed by atoms with E-state index >= 15 is 0 Å². The number of piperidine rings is 1. The number of hydrogen-bond donors (Lipinski definition) is 1. The summed E-state index contributed by atoms with van der Waals surface area (Å²) in [4.78, 5) is 14.4. The molecule has 0 bridgehead atoms. The molecular weight excluding hydrogens is 304 g/mol. The number of halogens is 1. The summed E-state index contributed by atoms with van der Waals surface area (Å²) >= 11 is 2.06. The van der Waals surface area contributed by atoms with E-state index in [0.717, 1.165) is 37.1 Å². The van der Waals surface area contributed by atoms with E-state index in [-0.39, 0.29) is 12.4 Å². The Labute approximate surface area is 140 Å². The molecule has 1 aliphatic carbocycles. The minimum absolute atomic E-state index is 0. The summed E-state index contributed by atoms with van der Waals surface area (Å²) in [5.41, 5.74) is 0. The van der Waals surface area contributed by atoms with Gasteiger partial charge in [-0.1, -0.05) is 6.92 Å². The van der Waals surface area contributed by atoms with Gasteiger partial charge in [0.15, 0.2) is 0 Å². The number of nitrogens with one attached hydrogen (secondary N) is 1. The minimum Gasteiger partial charge on any atom is -0.343 e. The molecule has 2 fully saturated rings. The van der Waals surface area contributed by atoms with Gasteiger partial charge in [-0.3, -0.25) is 4.79 Å². The van der Waals surface area contributed by atoms with Crippen LogP contribution in [0.3, 0.4) is 0 Å². The zero-order valence-electron chi connectivity index (χ0n) is 13.5. The van der Waals surface area contributed by atoms with E-state index in [4.69, 9.17) is 0 Å². The van der Waals surface area contributed by atoms with Crippen LogP contribution in [0.1, 0.15) is 51.9 Å². The lowest BCUT2D eigenvalue weighted by atomic mass is 9.93. The maximum atomic E-state index is 12.3. The van der Waals surface area contributed by atoms with E-state index in [1.807, 2.05) is 7.05 Å². The van der Waals surface area contributed by atoms with Gasteiger partial charge < -0.3 is 10.2 Å². The van der Waals surface area contributed by atoms with E-state index in [1.165, 1.54) is 37.9 Å². The van der Waals surface area contributed by atoms with E-state index in [2.05, 4.69) is 28.9 Å². The molecule has 2 aliphatic rings. The predicted octanol–water partition coefficient (Wildman–Crippen LogP) is 3.32. The fourth-order valence-corrected chi connectivity index (χ4v) is 4.67. The SMILES string of the molecule is CCSC1CCC(N(C)C(=O)CCC2CCNCC2)C1.Cl. The highest BCUT2D eigenvalue weighted by Gasteiger charge is 2.29. The second kappa shape index (κ2) is 9.96. The van der Waals surface area contributed by atoms with Crippen LogP contribution in [-0.2, 0) is 4.79 Å². The third-order valence-electron chi connectivity index (χ3n) is 4.93. The molecule has 1 heterocycles. The summed E-state index contributed by atoms with van der Waals surface area (Å²) in [5.74, 6) is 2.33. The average Bonchev–Trinajstić information content (AvgIpc) is 2.94. The zero-order valence-corrected chi connectivity index (χ0v) is 15.1. The van der Waals surface area contributed by atoms with Crippen molar-refractivity contribution in [3.63, 3.8) is 0 Å². The largest absolute Gasteiger partial charge is 0.343 e. The lowest BCUT2D eigenvalue weighted by molar-refractivity contribution is -0.132. The Hall–Kier alpha value is 0.0700. The molecule has 5 heteroatoms. The van der Waals surface area contributed by atoms with Crippen molar-refractivity contribution >= 4 is 30.1 Å². The van der Waals surface area contributed by atoms with E-state index in [1.54, 1.807) is 0 Å². The molecule has 2 unspecified atom stereocenters. The molecule has 0 aromatic heterocycles. The first-order valence-electron chi connectivity index (χ1n) is 8.28. The molecule has 2 rings (SSSR count). The van der Waals surface area contributed by atoms with Crippen LogP contribution >= 0.6 is 24.2 Å². The third-order valence-corrected chi connectivity index (χ3v) is 6.16. The third kappa shape index (κ3) is 5.99. The second-order valence-electron chi connectivity index (χ2n) is 6.28. The van der Waals surface area contributed by atoms with E-state index in [9.17, 15) is 4.79 Å². The first-order valence-corrected chi connectivity index (χ1v) is 9.33. The van der Waals surface area contributed by atoms with Gasteiger partial charge in [-0.05, 0) is 63.3 Å². The topological polar surface area (TPSA) is 32.3 Å². The molecule has 0 aromatic carbocycles. The van der Waals surface area contributed by atoms with Gasteiger partial charge in [0, 0.05) is 24.8 Å². The average molecular weight is 335 g/mol. The smallest absolute Gasteiger partial charge is 0.222 e. The van der Waals surface area contributed by atoms with Crippen molar-refractivity contribution in [1.82, 2.24) is 10.2 Å². The minimum atomic E-state index is 0. The first kappa shape index (κ1) is 19.1. The van der Waals surface area contributed by atoms with Crippen molar-refractivity contribution in [2.45, 2.75) is 63.2 Å². The highest BCUT2D eigenvalue weighted by Crippen LogP contribution is 2.32. The summed E-state index contributed by atoms with van der Waals surface area (Å²) < 4.78 is 0. The number of hydrogen-bond acceptors (Lipinski definition) is 3. The molecule has 2 atom stereocenters. The lowest BCUT2D eigenvalue weighted by Crippen LogP contribution is -2.36. The summed E-state index contributed by atoms with van der Waals surface area (Å²) in [6, 6.07) is 0.500. The van der Waals surface area contributed by atoms with Crippen LogP contribution in [0.25, 0.3) is 0 Å². The normalized spacial score (nSPS) is 26.4. The van der Waals surface area contributed by atoms with Crippen LogP contribution < -0.4 is 5.32 Å². The van der Waals surface area contributed by atoms with Crippen LogP contribution in [0.4, 0.5) is 0 Å². The van der Waals surface area contributed by atoms with Gasteiger partial charge >= 0.3 is 0 Å². The number of rotatable bonds is 6. The highest BCUT2D eigenvalue weighted by atomic mass is 35.5. The summed E-state index contributed by atoms with van der Waals surface area (Å²) in [5, 5.41) is 4.17. The molecule has 3 nitrogen and oxygen atoms in total. The molecule has 0 radical (unpaired) electrons. The van der Waals surface area contributed by atoms with Gasteiger partial charge in [-0.2, -0.15) is 11.8 Å². The Morgan fingerprint density at radius 1 is 1.24 bits per heavy atom. The van der Waals surface area contributed by atoms with Gasteiger partial charge in [0.2, 0.25) is 5.91 Å². The van der Waals surface area contributed by atoms with Gasteiger partial charge in [0.25, 0.3) is 0 Å². The van der Waals surface area contributed by atoms with Crippen molar-refractivity contribution in [2.24, 2.45) is 5.92 Å². The standard InChI is InChI=1S/C16H30N2OS.ClH/c1-3-20-15-6-5-14(12-15)18(2)16(19)7-4-13-8-10-17-11-9-13;/h13-15,17H,3-12H2,1-2H3;1H. The number of carbonyl (C=O) groups excluding carboxylic acids is 1. The Morgan fingerprint density at radius 2 is 1.95 bits per heavy atom. The molecular formula is C16H31ClN2OS. The van der Waals surface area contributed by atoms with Gasteiger partial charge in [0.1, 0.15) is 0 Å². The quantitative estimate of drug-likeness (QED) is 0.808. The Bertz CT molecular complexity index is 311. The Kier molecular flexibility index (Phi) is 9.07. The van der Waals surface area contributed by atoms with Crippen LogP contribution in [0.5, 0.6) is 0 Å². The van der Waals surface area contributed by atoms with Crippen molar-refractivity contribution in [3.05, 3.63) is 0 Å². The Morgan fingerprint density at radius 3 is 2.62 bits per heavy atom. The maximum Gasteiger partial charge on any atom is 0.222 e. The summed E-state index contributed by atoms with van der Waals surface area (Å²) in [6.07, 6.45) is 8.02. The van der Waals surface area contributed by atoms with Crippen molar-refractivity contribution < 1.29 is 4.79 Å². The van der Waals surface area contributed by atoms with E-state index < -0.39 is 0 Å². The molecule has 124 valence electrons. The molecule has 1 aliphatic heterocycles. The molecule has 0 aromatic rings. The molecule has 0 spiro atoms. The predicted molar refractivity (Wildman–Crippen MR) is 94.4 cm³/mol. The highest BCUT2D eigenvalue weighted by molar-refractivity contribution is 7.99. The van der Waals surface area contributed by atoms with Gasteiger partial charge in [-0.15, -0.1) is 12.4 Å². The second-order valence-corrected chi connectivity index (χ2v) is 7.86. The monoisotopic (exact) mass is 334 g/mol. The first-order chi connectivity index (χ1) is 9.70. The maximum absolute atomic E-state index is 12.3.